The van der Waals surface area contributed by atoms with Gasteiger partial charge in [-0.1, -0.05) is 0 Å². The summed E-state index contributed by atoms with van der Waals surface area (Å²) in [6.07, 6.45) is 4.06. The van der Waals surface area contributed by atoms with Crippen molar-refractivity contribution in [1.29, 1.82) is 0 Å². The van der Waals surface area contributed by atoms with Crippen LogP contribution < -0.4 is 4.74 Å². The number of rotatable bonds is 2. The Hall–Kier alpha value is -1.97. The molecule has 0 fully saturated rings. The maximum atomic E-state index is 12.8. The smallest absolute Gasteiger partial charge is 0.162 e. The van der Waals surface area contributed by atoms with Crippen LogP contribution in [0.5, 0.6) is 11.5 Å². The standard InChI is InChI=1S/C11H6F2NO/c12-10-2-1-9(7-11(10)13)15-8-3-5-14-6-4-8/h1-5,7H. The van der Waals surface area contributed by atoms with Crippen molar-refractivity contribution in [3.63, 3.8) is 0 Å². The van der Waals surface area contributed by atoms with Crippen LogP contribution >= 0.6 is 0 Å². The molecule has 0 saturated heterocycles. The van der Waals surface area contributed by atoms with E-state index in [1.807, 2.05) is 0 Å². The van der Waals surface area contributed by atoms with Crippen LogP contribution in [0.25, 0.3) is 0 Å². The molecule has 2 nitrogen and oxygen atoms in total. The maximum absolute atomic E-state index is 12.8. The summed E-state index contributed by atoms with van der Waals surface area (Å²) in [4.78, 5) is 3.68. The van der Waals surface area contributed by atoms with E-state index < -0.39 is 11.6 Å². The number of hydrogen-bond donors (Lipinski definition) is 0. The first-order valence-corrected chi connectivity index (χ1v) is 4.21. The van der Waals surface area contributed by atoms with Crippen LogP contribution in [0.1, 0.15) is 0 Å². The number of aromatic nitrogens is 1. The summed E-state index contributed by atoms with van der Waals surface area (Å²) in [6, 6.07) is 6.43. The lowest BCUT2D eigenvalue weighted by Crippen LogP contribution is -1.88. The SMILES string of the molecule is Fc1ccc(Oc2c[c]ncc2)cc1F. The van der Waals surface area contributed by atoms with Crippen LogP contribution in [0.3, 0.4) is 0 Å². The van der Waals surface area contributed by atoms with Gasteiger partial charge >= 0.3 is 0 Å². The molecule has 1 radical (unpaired) electrons. The summed E-state index contributed by atoms with van der Waals surface area (Å²) in [5, 5.41) is 0. The largest absolute Gasteiger partial charge is 0.457 e. The quantitative estimate of drug-likeness (QED) is 0.753. The fourth-order valence-corrected chi connectivity index (χ4v) is 1.04. The Balaban J connectivity index is 2.22. The Labute approximate surface area is 85.2 Å². The average molecular weight is 206 g/mol. The lowest BCUT2D eigenvalue weighted by molar-refractivity contribution is 0.461. The van der Waals surface area contributed by atoms with Crippen LogP contribution in [0.2, 0.25) is 0 Å². The van der Waals surface area contributed by atoms with Gasteiger partial charge < -0.3 is 4.74 Å². The van der Waals surface area contributed by atoms with Gasteiger partial charge in [-0.25, -0.2) is 8.78 Å². The normalized spacial score (nSPS) is 10.0. The van der Waals surface area contributed by atoms with E-state index in [0.717, 1.165) is 12.1 Å². The molecule has 0 N–H and O–H groups in total. The summed E-state index contributed by atoms with van der Waals surface area (Å²) >= 11 is 0. The van der Waals surface area contributed by atoms with E-state index in [4.69, 9.17) is 4.74 Å². The first-order chi connectivity index (χ1) is 7.25. The van der Waals surface area contributed by atoms with E-state index >= 15 is 0 Å². The second kappa shape index (κ2) is 4.04. The second-order valence-electron chi connectivity index (χ2n) is 2.80. The van der Waals surface area contributed by atoms with Gasteiger partial charge in [-0.2, -0.15) is 0 Å². The minimum Gasteiger partial charge on any atom is -0.457 e. The monoisotopic (exact) mass is 206 g/mol. The van der Waals surface area contributed by atoms with E-state index in [0.29, 0.717) is 5.75 Å². The molecule has 1 aromatic carbocycles. The highest BCUT2D eigenvalue weighted by molar-refractivity contribution is 5.29. The zero-order valence-electron chi connectivity index (χ0n) is 7.58. The summed E-state index contributed by atoms with van der Waals surface area (Å²) in [5.74, 6) is -1.14. The van der Waals surface area contributed by atoms with Gasteiger partial charge in [0, 0.05) is 18.3 Å². The molecule has 0 aliphatic rings. The molecule has 4 heteroatoms. The molecule has 15 heavy (non-hydrogen) atoms. The van der Waals surface area contributed by atoms with E-state index in [-0.39, 0.29) is 5.75 Å². The summed E-state index contributed by atoms with van der Waals surface area (Å²) in [5.41, 5.74) is 0. The molecule has 0 aliphatic heterocycles. The third-order valence-corrected chi connectivity index (χ3v) is 1.72. The van der Waals surface area contributed by atoms with Crippen molar-refractivity contribution in [3.8, 4) is 11.5 Å². The first kappa shape index (κ1) is 9.58. The third kappa shape index (κ3) is 2.28. The van der Waals surface area contributed by atoms with Gasteiger partial charge in [0.2, 0.25) is 0 Å². The second-order valence-corrected chi connectivity index (χ2v) is 2.80. The molecule has 1 aromatic heterocycles. The van der Waals surface area contributed by atoms with Crippen molar-refractivity contribution in [2.45, 2.75) is 0 Å². The van der Waals surface area contributed by atoms with Gasteiger partial charge in [-0.15, -0.1) is 0 Å². The Bertz CT molecular complexity index is 459. The van der Waals surface area contributed by atoms with Crippen molar-refractivity contribution in [3.05, 3.63) is 54.4 Å². The topological polar surface area (TPSA) is 22.1 Å². The number of nitrogens with zero attached hydrogens (tertiary/aromatic N) is 1. The molecule has 0 atom stereocenters. The summed E-state index contributed by atoms with van der Waals surface area (Å²) < 4.78 is 30.6. The lowest BCUT2D eigenvalue weighted by atomic mass is 10.3. The predicted molar refractivity (Wildman–Crippen MR) is 49.5 cm³/mol. The van der Waals surface area contributed by atoms with Crippen LogP contribution in [0.15, 0.2) is 36.5 Å². The molecule has 0 aliphatic carbocycles. The fraction of sp³-hybridized carbons (Fsp3) is 0. The predicted octanol–water partition coefficient (Wildman–Crippen LogP) is 2.95. The van der Waals surface area contributed by atoms with Gasteiger partial charge in [0.15, 0.2) is 11.6 Å². The molecule has 0 amide bonds. The zero-order valence-corrected chi connectivity index (χ0v) is 7.58. The van der Waals surface area contributed by atoms with E-state index in [1.165, 1.54) is 18.3 Å². The van der Waals surface area contributed by atoms with Gasteiger partial charge in [0.05, 0.1) is 6.20 Å². The summed E-state index contributed by atoms with van der Waals surface area (Å²) in [6.45, 7) is 0. The number of benzene rings is 1. The maximum Gasteiger partial charge on any atom is 0.162 e. The number of halogens is 2. The van der Waals surface area contributed by atoms with Crippen molar-refractivity contribution in [2.24, 2.45) is 0 Å². The Morgan fingerprint density at radius 2 is 1.93 bits per heavy atom. The minimum atomic E-state index is -0.939. The molecule has 0 spiro atoms. The van der Waals surface area contributed by atoms with Crippen LogP contribution in [0.4, 0.5) is 8.78 Å². The van der Waals surface area contributed by atoms with Gasteiger partial charge in [0.25, 0.3) is 0 Å². The highest BCUT2D eigenvalue weighted by atomic mass is 19.2. The van der Waals surface area contributed by atoms with Crippen molar-refractivity contribution in [2.75, 3.05) is 0 Å². The fourth-order valence-electron chi connectivity index (χ4n) is 1.04. The molecule has 2 aromatic rings. The highest BCUT2D eigenvalue weighted by Gasteiger charge is 2.03. The lowest BCUT2D eigenvalue weighted by Gasteiger charge is -2.04. The molecule has 2 rings (SSSR count). The van der Waals surface area contributed by atoms with Crippen LogP contribution in [0, 0.1) is 17.8 Å². The average Bonchev–Trinajstić information content (AvgIpc) is 2.25. The first-order valence-electron chi connectivity index (χ1n) is 4.21. The van der Waals surface area contributed by atoms with Gasteiger partial charge in [-0.3, -0.25) is 4.98 Å². The molecule has 0 unspecified atom stereocenters. The Morgan fingerprint density at radius 3 is 2.60 bits per heavy atom. The third-order valence-electron chi connectivity index (χ3n) is 1.72. The summed E-state index contributed by atoms with van der Waals surface area (Å²) in [7, 11) is 0. The van der Waals surface area contributed by atoms with Crippen molar-refractivity contribution >= 4 is 0 Å². The van der Waals surface area contributed by atoms with Crippen molar-refractivity contribution < 1.29 is 13.5 Å². The highest BCUT2D eigenvalue weighted by Crippen LogP contribution is 2.21. The van der Waals surface area contributed by atoms with E-state index in [9.17, 15) is 8.78 Å². The van der Waals surface area contributed by atoms with E-state index in [2.05, 4.69) is 11.2 Å². The van der Waals surface area contributed by atoms with E-state index in [1.54, 1.807) is 6.07 Å². The molecular formula is C11H6F2NO. The molecular weight excluding hydrogens is 200 g/mol. The molecule has 0 bridgehead atoms. The molecule has 0 saturated carbocycles. The Morgan fingerprint density at radius 1 is 1.07 bits per heavy atom. The minimum absolute atomic E-state index is 0.230. The van der Waals surface area contributed by atoms with Gasteiger partial charge in [0.1, 0.15) is 11.5 Å². The zero-order chi connectivity index (χ0) is 10.7. The van der Waals surface area contributed by atoms with Crippen LogP contribution in [-0.2, 0) is 0 Å². The van der Waals surface area contributed by atoms with Crippen LogP contribution in [-0.4, -0.2) is 4.98 Å². The van der Waals surface area contributed by atoms with Crippen molar-refractivity contribution in [1.82, 2.24) is 4.98 Å². The Kier molecular flexibility index (Phi) is 2.58. The molecule has 1 heterocycles. The number of hydrogen-bond acceptors (Lipinski definition) is 2. The number of ether oxygens (including phenoxy) is 1. The number of pyridine rings is 1. The molecule has 75 valence electrons. The van der Waals surface area contributed by atoms with Gasteiger partial charge in [-0.05, 0) is 18.2 Å².